The number of nitrogens with one attached hydrogen (secondary N) is 1. The van der Waals surface area contributed by atoms with E-state index in [0.717, 1.165) is 21.6 Å². The topological polar surface area (TPSA) is 49.1 Å². The Labute approximate surface area is 97.1 Å². The summed E-state index contributed by atoms with van der Waals surface area (Å²) in [5, 5.41) is 9.44. The van der Waals surface area contributed by atoms with Crippen LogP contribution in [-0.2, 0) is 0 Å². The zero-order chi connectivity index (χ0) is 11.0. The maximum absolute atomic E-state index is 7.46. The molecule has 4 heteroatoms. The molecule has 0 fully saturated rings. The molecule has 0 radical (unpaired) electrons. The second kappa shape index (κ2) is 3.72. The summed E-state index contributed by atoms with van der Waals surface area (Å²) in [6.07, 6.45) is 0. The molecule has 0 aliphatic carbocycles. The van der Waals surface area contributed by atoms with Gasteiger partial charge in [0.2, 0.25) is 0 Å². The number of hydrogen-bond acceptors (Lipinski definition) is 3. The van der Waals surface area contributed by atoms with Crippen LogP contribution in [0, 0.1) is 5.41 Å². The van der Waals surface area contributed by atoms with Crippen molar-refractivity contribution >= 4 is 33.5 Å². The maximum atomic E-state index is 7.46. The van der Waals surface area contributed by atoms with Crippen molar-refractivity contribution in [2.45, 2.75) is 0 Å². The van der Waals surface area contributed by atoms with E-state index >= 15 is 0 Å². The van der Waals surface area contributed by atoms with E-state index in [0.29, 0.717) is 11.6 Å². The number of aromatic nitrogens is 1. The van der Waals surface area contributed by atoms with E-state index in [9.17, 15) is 0 Å². The highest BCUT2D eigenvalue weighted by Gasteiger charge is 2.15. The first-order valence-corrected chi connectivity index (χ1v) is 5.96. The molecule has 3 rings (SSSR count). The molecule has 2 heterocycles. The summed E-state index contributed by atoms with van der Waals surface area (Å²) in [7, 11) is 0. The molecule has 3 nitrogen and oxygen atoms in total. The van der Waals surface area contributed by atoms with Gasteiger partial charge in [0, 0.05) is 5.39 Å². The fourth-order valence-corrected chi connectivity index (χ4v) is 2.41. The molecule has 1 aromatic carbocycles. The average Bonchev–Trinajstić information content (AvgIpc) is 2.75. The van der Waals surface area contributed by atoms with Crippen LogP contribution < -0.4 is 0 Å². The highest BCUT2D eigenvalue weighted by Crippen LogP contribution is 2.20. The lowest BCUT2D eigenvalue weighted by Gasteiger charge is -2.01. The van der Waals surface area contributed by atoms with Gasteiger partial charge in [-0.1, -0.05) is 36.0 Å². The number of para-hydroxylation sites is 1. The van der Waals surface area contributed by atoms with Gasteiger partial charge < -0.3 is 0 Å². The third-order valence-corrected chi connectivity index (χ3v) is 3.39. The predicted octanol–water partition coefficient (Wildman–Crippen LogP) is 2.71. The number of rotatable bonds is 1. The first-order valence-electron chi connectivity index (χ1n) is 4.98. The molecule has 0 atom stereocenters. The Hall–Kier alpha value is -1.68. The van der Waals surface area contributed by atoms with Crippen LogP contribution in [-0.4, -0.2) is 21.6 Å². The number of fused-ring (bicyclic) bond motifs is 1. The lowest BCUT2D eigenvalue weighted by molar-refractivity contribution is 1.37. The first-order chi connectivity index (χ1) is 7.83. The van der Waals surface area contributed by atoms with Crippen molar-refractivity contribution in [3.8, 4) is 0 Å². The van der Waals surface area contributed by atoms with Crippen LogP contribution in [0.2, 0.25) is 0 Å². The number of benzene rings is 1. The van der Waals surface area contributed by atoms with Crippen LogP contribution in [0.5, 0.6) is 0 Å². The highest BCUT2D eigenvalue weighted by atomic mass is 32.2. The molecule has 0 saturated carbocycles. The van der Waals surface area contributed by atoms with Crippen molar-refractivity contribution in [3.05, 3.63) is 42.1 Å². The third-order valence-electron chi connectivity index (χ3n) is 2.40. The van der Waals surface area contributed by atoms with E-state index in [1.165, 1.54) is 0 Å². The van der Waals surface area contributed by atoms with Crippen LogP contribution in [0.1, 0.15) is 5.69 Å². The normalized spacial score (nSPS) is 15.5. The minimum absolute atomic E-state index is 0.426. The van der Waals surface area contributed by atoms with E-state index in [4.69, 9.17) is 5.41 Å². The minimum atomic E-state index is 0.426. The number of amidine groups is 1. The minimum Gasteiger partial charge on any atom is -0.286 e. The Morgan fingerprint density at radius 2 is 2.00 bits per heavy atom. The van der Waals surface area contributed by atoms with Crippen LogP contribution in [0.4, 0.5) is 0 Å². The Bertz CT molecular complexity index is 604. The van der Waals surface area contributed by atoms with Crippen molar-refractivity contribution in [2.24, 2.45) is 4.99 Å². The van der Waals surface area contributed by atoms with Crippen LogP contribution in [0.15, 0.2) is 41.4 Å². The summed E-state index contributed by atoms with van der Waals surface area (Å²) in [6, 6.07) is 12.0. The molecule has 1 aromatic heterocycles. The molecule has 0 saturated heterocycles. The van der Waals surface area contributed by atoms with Gasteiger partial charge in [-0.25, -0.2) is 9.98 Å². The van der Waals surface area contributed by atoms with E-state index in [1.807, 2.05) is 36.4 Å². The van der Waals surface area contributed by atoms with Crippen molar-refractivity contribution in [1.82, 2.24) is 4.98 Å². The quantitative estimate of drug-likeness (QED) is 0.814. The summed E-state index contributed by atoms with van der Waals surface area (Å²) >= 11 is 1.58. The summed E-state index contributed by atoms with van der Waals surface area (Å²) in [4.78, 5) is 8.71. The van der Waals surface area contributed by atoms with Crippen molar-refractivity contribution < 1.29 is 0 Å². The zero-order valence-electron chi connectivity index (χ0n) is 8.47. The zero-order valence-corrected chi connectivity index (χ0v) is 9.29. The predicted molar refractivity (Wildman–Crippen MR) is 68.5 cm³/mol. The first kappa shape index (κ1) is 9.54. The van der Waals surface area contributed by atoms with Gasteiger partial charge in [-0.15, -0.1) is 0 Å². The Kier molecular flexibility index (Phi) is 2.22. The molecular formula is C12H9N3S. The highest BCUT2D eigenvalue weighted by molar-refractivity contribution is 8.15. The summed E-state index contributed by atoms with van der Waals surface area (Å²) < 4.78 is 0. The Morgan fingerprint density at radius 3 is 2.81 bits per heavy atom. The Morgan fingerprint density at radius 1 is 1.12 bits per heavy atom. The van der Waals surface area contributed by atoms with Gasteiger partial charge in [0.15, 0.2) is 0 Å². The second-order valence-corrected chi connectivity index (χ2v) is 4.51. The van der Waals surface area contributed by atoms with Gasteiger partial charge in [0.1, 0.15) is 10.9 Å². The Balaban J connectivity index is 2.12. The van der Waals surface area contributed by atoms with Gasteiger partial charge in [-0.2, -0.15) is 0 Å². The molecule has 0 unspecified atom stereocenters. The number of nitrogens with zero attached hydrogens (tertiary/aromatic N) is 2. The largest absolute Gasteiger partial charge is 0.286 e. The standard InChI is InChI=1S/C12H9N3S/c13-11-7-16-12(15-11)10-6-5-8-3-1-2-4-9(8)14-10/h1-6,13H,7H2. The van der Waals surface area contributed by atoms with Gasteiger partial charge in [0.05, 0.1) is 17.0 Å². The fourth-order valence-electron chi connectivity index (χ4n) is 1.64. The number of pyridine rings is 1. The number of hydrogen-bond donors (Lipinski definition) is 1. The fraction of sp³-hybridized carbons (Fsp3) is 0.0833. The second-order valence-electron chi connectivity index (χ2n) is 3.54. The monoisotopic (exact) mass is 227 g/mol. The van der Waals surface area contributed by atoms with Gasteiger partial charge >= 0.3 is 0 Å². The van der Waals surface area contributed by atoms with Gasteiger partial charge in [-0.3, -0.25) is 5.41 Å². The van der Waals surface area contributed by atoms with E-state index in [-0.39, 0.29) is 0 Å². The summed E-state index contributed by atoms with van der Waals surface area (Å²) in [5.74, 6) is 1.08. The average molecular weight is 227 g/mol. The summed E-state index contributed by atoms with van der Waals surface area (Å²) in [5.41, 5.74) is 1.84. The SMILES string of the molecule is N=C1CSC(c2ccc3ccccc3n2)=N1. The van der Waals surface area contributed by atoms with E-state index in [1.54, 1.807) is 11.8 Å². The van der Waals surface area contributed by atoms with Crippen molar-refractivity contribution in [1.29, 1.82) is 5.41 Å². The molecule has 2 aromatic rings. The van der Waals surface area contributed by atoms with Crippen LogP contribution in [0.25, 0.3) is 10.9 Å². The van der Waals surface area contributed by atoms with Crippen molar-refractivity contribution in [2.75, 3.05) is 5.75 Å². The molecule has 0 bridgehead atoms. The molecule has 78 valence electrons. The molecule has 1 aliphatic heterocycles. The van der Waals surface area contributed by atoms with Crippen LogP contribution >= 0.6 is 11.8 Å². The lowest BCUT2D eigenvalue weighted by atomic mass is 10.2. The van der Waals surface area contributed by atoms with Crippen molar-refractivity contribution in [3.63, 3.8) is 0 Å². The van der Waals surface area contributed by atoms with Gasteiger partial charge in [-0.05, 0) is 12.1 Å². The molecule has 1 aliphatic rings. The molecule has 16 heavy (non-hydrogen) atoms. The molecular weight excluding hydrogens is 218 g/mol. The third kappa shape index (κ3) is 1.61. The van der Waals surface area contributed by atoms with Gasteiger partial charge in [0.25, 0.3) is 0 Å². The number of aliphatic imine (C=N–C) groups is 1. The molecule has 1 N–H and O–H groups in total. The maximum Gasteiger partial charge on any atom is 0.132 e. The number of thioether (sulfide) groups is 1. The molecule has 0 amide bonds. The van der Waals surface area contributed by atoms with Crippen LogP contribution in [0.3, 0.4) is 0 Å². The smallest absolute Gasteiger partial charge is 0.132 e. The molecule has 0 spiro atoms. The van der Waals surface area contributed by atoms with E-state index in [2.05, 4.69) is 9.98 Å². The lowest BCUT2D eigenvalue weighted by Crippen LogP contribution is -1.96. The summed E-state index contributed by atoms with van der Waals surface area (Å²) in [6.45, 7) is 0. The van der Waals surface area contributed by atoms with E-state index < -0.39 is 0 Å².